The van der Waals surface area contributed by atoms with Crippen LogP contribution in [0, 0.1) is 0 Å². The molecule has 136 valence electrons. The van der Waals surface area contributed by atoms with Gasteiger partial charge in [-0.25, -0.2) is 0 Å². The van der Waals surface area contributed by atoms with Gasteiger partial charge in [0.1, 0.15) is 5.75 Å². The maximum atomic E-state index is 12.7. The number of nitrogens with zero attached hydrogens (tertiary/aromatic N) is 2. The zero-order valence-electron chi connectivity index (χ0n) is 15.3. The van der Waals surface area contributed by atoms with Gasteiger partial charge in [-0.15, -0.1) is 0 Å². The van der Waals surface area contributed by atoms with Gasteiger partial charge < -0.3 is 10.0 Å². The minimum atomic E-state index is -0.159. The summed E-state index contributed by atoms with van der Waals surface area (Å²) in [6, 6.07) is 13.6. The van der Waals surface area contributed by atoms with Gasteiger partial charge in [0.05, 0.1) is 11.1 Å². The fraction of sp³-hybridized carbons (Fsp3) is 0.333. The monoisotopic (exact) mass is 351 g/mol. The van der Waals surface area contributed by atoms with Crippen LogP contribution >= 0.6 is 0 Å². The summed E-state index contributed by atoms with van der Waals surface area (Å²) in [4.78, 5) is 14.3. The predicted octanol–water partition coefficient (Wildman–Crippen LogP) is 3.93. The van der Waals surface area contributed by atoms with Crippen LogP contribution in [-0.2, 0) is 12.8 Å². The second-order valence-corrected chi connectivity index (χ2v) is 6.65. The number of fused-ring (bicyclic) bond motifs is 1. The van der Waals surface area contributed by atoms with E-state index < -0.39 is 0 Å². The molecule has 0 spiro atoms. The molecule has 0 radical (unpaired) electrons. The normalized spacial score (nSPS) is 11.0. The van der Waals surface area contributed by atoms with Gasteiger partial charge in [-0.3, -0.25) is 9.89 Å². The fourth-order valence-corrected chi connectivity index (χ4v) is 3.08. The predicted molar refractivity (Wildman–Crippen MR) is 103 cm³/mol. The van der Waals surface area contributed by atoms with Gasteiger partial charge in [-0.05, 0) is 30.9 Å². The van der Waals surface area contributed by atoms with Crippen molar-refractivity contribution in [2.24, 2.45) is 0 Å². The van der Waals surface area contributed by atoms with E-state index >= 15 is 0 Å². The van der Waals surface area contributed by atoms with Gasteiger partial charge >= 0.3 is 0 Å². The topological polar surface area (TPSA) is 69.2 Å². The molecule has 5 nitrogen and oxygen atoms in total. The van der Waals surface area contributed by atoms with Gasteiger partial charge in [-0.2, -0.15) is 5.10 Å². The Morgan fingerprint density at radius 2 is 1.96 bits per heavy atom. The minimum absolute atomic E-state index is 0.0213. The number of aromatic amines is 1. The number of aromatic hydroxyl groups is 1. The molecule has 2 N–H and O–H groups in total. The maximum Gasteiger partial charge on any atom is 0.257 e. The minimum Gasteiger partial charge on any atom is -0.507 e. The summed E-state index contributed by atoms with van der Waals surface area (Å²) >= 11 is 0. The number of aryl methyl sites for hydroxylation is 2. The lowest BCUT2D eigenvalue weighted by Crippen LogP contribution is -2.27. The molecule has 26 heavy (non-hydrogen) atoms. The molecular formula is C21H25N3O2. The van der Waals surface area contributed by atoms with Gasteiger partial charge in [0.2, 0.25) is 0 Å². The van der Waals surface area contributed by atoms with E-state index in [9.17, 15) is 9.90 Å². The number of rotatable bonds is 7. The zero-order chi connectivity index (χ0) is 18.5. The third kappa shape index (κ3) is 3.87. The highest BCUT2D eigenvalue weighted by molar-refractivity contribution is 6.01. The first-order chi connectivity index (χ1) is 12.6. The number of phenols is 1. The Morgan fingerprint density at radius 3 is 2.69 bits per heavy atom. The van der Waals surface area contributed by atoms with Crippen molar-refractivity contribution in [3.63, 3.8) is 0 Å². The van der Waals surface area contributed by atoms with Crippen LogP contribution in [0.1, 0.15) is 41.4 Å². The molecule has 0 bridgehead atoms. The van der Waals surface area contributed by atoms with Crippen LogP contribution in [0.25, 0.3) is 10.9 Å². The molecule has 3 rings (SSSR count). The quantitative estimate of drug-likeness (QED) is 0.678. The largest absolute Gasteiger partial charge is 0.507 e. The van der Waals surface area contributed by atoms with Crippen molar-refractivity contribution < 1.29 is 9.90 Å². The molecular weight excluding hydrogens is 326 g/mol. The Morgan fingerprint density at radius 1 is 1.19 bits per heavy atom. The number of amides is 1. The van der Waals surface area contributed by atoms with Crippen LogP contribution < -0.4 is 0 Å². The van der Waals surface area contributed by atoms with Crippen molar-refractivity contribution in [2.75, 3.05) is 13.6 Å². The van der Waals surface area contributed by atoms with Crippen molar-refractivity contribution in [2.45, 2.75) is 32.6 Å². The third-order valence-electron chi connectivity index (χ3n) is 4.68. The van der Waals surface area contributed by atoms with Crippen LogP contribution in [0.5, 0.6) is 5.75 Å². The lowest BCUT2D eigenvalue weighted by atomic mass is 10.0. The van der Waals surface area contributed by atoms with Crippen molar-refractivity contribution in [3.05, 3.63) is 59.3 Å². The van der Waals surface area contributed by atoms with Gasteiger partial charge in [0.15, 0.2) is 0 Å². The standard InChI is InChI=1S/C21H25N3O2/c1-3-4-12-24(2)21(26)17-13-16-18(22-23-19(16)14-20(17)25)11-10-15-8-6-5-7-9-15/h5-9,13-14,25H,3-4,10-12H2,1-2H3,(H,22,23). The number of phenolic OH excluding ortho intramolecular Hbond substituents is 1. The Balaban J connectivity index is 1.84. The molecule has 0 unspecified atom stereocenters. The van der Waals surface area contributed by atoms with Crippen LogP contribution in [0.15, 0.2) is 42.5 Å². The summed E-state index contributed by atoms with van der Waals surface area (Å²) in [6.45, 7) is 2.77. The highest BCUT2D eigenvalue weighted by atomic mass is 16.3. The van der Waals surface area contributed by atoms with E-state index in [1.54, 1.807) is 24.1 Å². The first kappa shape index (κ1) is 18.0. The number of carbonyl (C=O) groups excluding carboxylic acids is 1. The van der Waals surface area contributed by atoms with Crippen LogP contribution in [0.4, 0.5) is 0 Å². The number of hydrogen-bond donors (Lipinski definition) is 2. The number of nitrogens with one attached hydrogen (secondary N) is 1. The number of hydrogen-bond acceptors (Lipinski definition) is 3. The Labute approximate surface area is 153 Å². The van der Waals surface area contributed by atoms with E-state index in [2.05, 4.69) is 29.3 Å². The van der Waals surface area contributed by atoms with E-state index in [-0.39, 0.29) is 11.7 Å². The van der Waals surface area contributed by atoms with E-state index in [0.717, 1.165) is 36.8 Å². The molecule has 0 atom stereocenters. The number of unbranched alkanes of at least 4 members (excludes halogenated alkanes) is 1. The van der Waals surface area contributed by atoms with Crippen LogP contribution in [0.3, 0.4) is 0 Å². The smallest absolute Gasteiger partial charge is 0.257 e. The molecule has 0 fully saturated rings. The van der Waals surface area contributed by atoms with Crippen molar-refractivity contribution >= 4 is 16.8 Å². The first-order valence-electron chi connectivity index (χ1n) is 9.09. The zero-order valence-corrected chi connectivity index (χ0v) is 15.3. The van der Waals surface area contributed by atoms with Crippen molar-refractivity contribution in [1.82, 2.24) is 15.1 Å². The van der Waals surface area contributed by atoms with Gasteiger partial charge in [0.25, 0.3) is 5.91 Å². The molecule has 0 aliphatic heterocycles. The average molecular weight is 351 g/mol. The highest BCUT2D eigenvalue weighted by Crippen LogP contribution is 2.27. The molecule has 5 heteroatoms. The summed E-state index contributed by atoms with van der Waals surface area (Å²) in [5, 5.41) is 18.5. The van der Waals surface area contributed by atoms with E-state index in [1.807, 2.05) is 18.2 Å². The van der Waals surface area contributed by atoms with E-state index in [0.29, 0.717) is 17.6 Å². The summed E-state index contributed by atoms with van der Waals surface area (Å²) in [5.41, 5.74) is 3.25. The average Bonchev–Trinajstić information content (AvgIpc) is 3.05. The van der Waals surface area contributed by atoms with Crippen LogP contribution in [0.2, 0.25) is 0 Å². The SMILES string of the molecule is CCCCN(C)C(=O)c1cc2c(CCc3ccccc3)[nH]nc2cc1O. The molecule has 0 saturated carbocycles. The molecule has 2 aromatic carbocycles. The Bertz CT molecular complexity index is 887. The Kier molecular flexibility index (Phi) is 5.56. The molecule has 0 aliphatic carbocycles. The number of benzene rings is 2. The summed E-state index contributed by atoms with van der Waals surface area (Å²) in [5.74, 6) is -0.181. The van der Waals surface area contributed by atoms with Crippen LogP contribution in [-0.4, -0.2) is 39.7 Å². The van der Waals surface area contributed by atoms with E-state index in [4.69, 9.17) is 0 Å². The molecule has 1 amide bonds. The number of carbonyl (C=O) groups is 1. The highest BCUT2D eigenvalue weighted by Gasteiger charge is 2.18. The molecule has 1 heterocycles. The lowest BCUT2D eigenvalue weighted by Gasteiger charge is -2.17. The lowest BCUT2D eigenvalue weighted by molar-refractivity contribution is 0.0790. The second-order valence-electron chi connectivity index (χ2n) is 6.65. The fourth-order valence-electron chi connectivity index (χ4n) is 3.08. The van der Waals surface area contributed by atoms with Gasteiger partial charge in [0, 0.05) is 30.7 Å². The van der Waals surface area contributed by atoms with Gasteiger partial charge in [-0.1, -0.05) is 43.7 Å². The molecule has 3 aromatic rings. The molecule has 1 aromatic heterocycles. The summed E-state index contributed by atoms with van der Waals surface area (Å²) < 4.78 is 0. The first-order valence-corrected chi connectivity index (χ1v) is 9.09. The summed E-state index contributed by atoms with van der Waals surface area (Å²) in [6.07, 6.45) is 3.65. The molecule has 0 saturated heterocycles. The van der Waals surface area contributed by atoms with Crippen molar-refractivity contribution in [1.29, 1.82) is 0 Å². The maximum absolute atomic E-state index is 12.7. The number of H-pyrrole nitrogens is 1. The Hall–Kier alpha value is -2.82. The van der Waals surface area contributed by atoms with E-state index in [1.165, 1.54) is 5.56 Å². The third-order valence-corrected chi connectivity index (χ3v) is 4.68. The second kappa shape index (κ2) is 8.04. The molecule has 0 aliphatic rings. The van der Waals surface area contributed by atoms with Crippen molar-refractivity contribution in [3.8, 4) is 5.75 Å². The number of aromatic nitrogens is 2. The summed E-state index contributed by atoms with van der Waals surface area (Å²) in [7, 11) is 1.77.